The average molecular weight is 227 g/mol. The number of benzene rings is 2. The van der Waals surface area contributed by atoms with E-state index in [2.05, 4.69) is 54.1 Å². The predicted molar refractivity (Wildman–Crippen MR) is 69.3 cm³/mol. The van der Waals surface area contributed by atoms with Crippen molar-refractivity contribution in [1.82, 2.24) is 4.72 Å². The number of hydrogen-bond acceptors (Lipinski definition) is 2. The molecule has 0 aliphatic carbocycles. The van der Waals surface area contributed by atoms with Crippen molar-refractivity contribution in [3.8, 4) is 11.1 Å². The molecular weight excluding hydrogens is 214 g/mol. The zero-order valence-electron chi connectivity index (χ0n) is 9.16. The molecule has 0 saturated carbocycles. The third-order valence-corrected chi connectivity index (χ3v) is 3.82. The summed E-state index contributed by atoms with van der Waals surface area (Å²) in [6.07, 6.45) is 0. The third-order valence-electron chi connectivity index (χ3n) is 2.93. The molecule has 0 radical (unpaired) electrons. The summed E-state index contributed by atoms with van der Waals surface area (Å²) in [6, 6.07) is 15.3. The minimum absolute atomic E-state index is 0.962. The first-order valence-corrected chi connectivity index (χ1v) is 6.25. The van der Waals surface area contributed by atoms with Gasteiger partial charge in [-0.3, -0.25) is 4.72 Å². The molecule has 0 spiro atoms. The van der Waals surface area contributed by atoms with Gasteiger partial charge in [0.25, 0.3) is 0 Å². The van der Waals surface area contributed by atoms with Gasteiger partial charge in [0.15, 0.2) is 0 Å². The van der Waals surface area contributed by atoms with Crippen LogP contribution in [0.15, 0.2) is 47.4 Å². The topological polar surface area (TPSA) is 12.0 Å². The summed E-state index contributed by atoms with van der Waals surface area (Å²) in [5.41, 5.74) is 5.40. The van der Waals surface area contributed by atoms with Crippen LogP contribution in [0.5, 0.6) is 0 Å². The first-order chi connectivity index (χ1) is 7.84. The van der Waals surface area contributed by atoms with Crippen LogP contribution in [0.2, 0.25) is 0 Å². The van der Waals surface area contributed by atoms with Crippen LogP contribution in [-0.2, 0) is 6.54 Å². The molecule has 0 bridgehead atoms. The van der Waals surface area contributed by atoms with E-state index in [0.717, 1.165) is 6.54 Å². The van der Waals surface area contributed by atoms with Crippen molar-refractivity contribution in [2.45, 2.75) is 18.4 Å². The lowest BCUT2D eigenvalue weighted by atomic mass is 9.99. The highest BCUT2D eigenvalue weighted by molar-refractivity contribution is 7.97. The lowest BCUT2D eigenvalue weighted by molar-refractivity contribution is 0.997. The Balaban J connectivity index is 2.13. The molecule has 3 rings (SSSR count). The Hall–Kier alpha value is -1.25. The molecule has 1 aliphatic heterocycles. The molecular formula is C14H13NS. The van der Waals surface area contributed by atoms with Gasteiger partial charge in [-0.2, -0.15) is 0 Å². The molecule has 80 valence electrons. The minimum atomic E-state index is 0.962. The van der Waals surface area contributed by atoms with E-state index in [1.165, 1.54) is 27.1 Å². The summed E-state index contributed by atoms with van der Waals surface area (Å²) in [5.74, 6) is 0. The van der Waals surface area contributed by atoms with Crippen LogP contribution in [0.25, 0.3) is 11.1 Å². The zero-order valence-corrected chi connectivity index (χ0v) is 9.97. The monoisotopic (exact) mass is 227 g/mol. The molecule has 2 aromatic rings. The Labute approximate surface area is 100 Å². The molecule has 0 unspecified atom stereocenters. The van der Waals surface area contributed by atoms with Gasteiger partial charge in [0.2, 0.25) is 0 Å². The molecule has 1 heterocycles. The molecule has 0 amide bonds. The molecule has 1 N–H and O–H groups in total. The van der Waals surface area contributed by atoms with Crippen LogP contribution < -0.4 is 4.72 Å². The number of hydrogen-bond donors (Lipinski definition) is 1. The van der Waals surface area contributed by atoms with Crippen molar-refractivity contribution >= 4 is 11.9 Å². The van der Waals surface area contributed by atoms with Gasteiger partial charge in [-0.1, -0.05) is 42.0 Å². The fourth-order valence-corrected chi connectivity index (χ4v) is 2.86. The summed E-state index contributed by atoms with van der Waals surface area (Å²) < 4.78 is 3.33. The maximum atomic E-state index is 3.33. The normalized spacial score (nSPS) is 13.8. The molecule has 2 aromatic carbocycles. The fraction of sp³-hybridized carbons (Fsp3) is 0.143. The van der Waals surface area contributed by atoms with Gasteiger partial charge in [-0.25, -0.2) is 0 Å². The van der Waals surface area contributed by atoms with Gasteiger partial charge in [-0.15, -0.1) is 0 Å². The Bertz CT molecular complexity index is 517. The van der Waals surface area contributed by atoms with Gasteiger partial charge < -0.3 is 0 Å². The molecule has 0 fully saturated rings. The second-order valence-corrected chi connectivity index (χ2v) is 5.00. The summed E-state index contributed by atoms with van der Waals surface area (Å²) >= 11 is 1.73. The van der Waals surface area contributed by atoms with E-state index >= 15 is 0 Å². The summed E-state index contributed by atoms with van der Waals surface area (Å²) in [5, 5.41) is 0. The van der Waals surface area contributed by atoms with Crippen LogP contribution in [0.3, 0.4) is 0 Å². The number of aryl methyl sites for hydroxylation is 1. The van der Waals surface area contributed by atoms with Gasteiger partial charge in [0.05, 0.1) is 0 Å². The molecule has 0 aromatic heterocycles. The van der Waals surface area contributed by atoms with E-state index in [9.17, 15) is 0 Å². The van der Waals surface area contributed by atoms with Crippen LogP contribution in [-0.4, -0.2) is 0 Å². The van der Waals surface area contributed by atoms with Gasteiger partial charge in [0, 0.05) is 11.4 Å². The van der Waals surface area contributed by atoms with Gasteiger partial charge in [-0.05, 0) is 41.6 Å². The van der Waals surface area contributed by atoms with Crippen molar-refractivity contribution in [3.63, 3.8) is 0 Å². The van der Waals surface area contributed by atoms with Crippen molar-refractivity contribution in [1.29, 1.82) is 0 Å². The summed E-state index contributed by atoms with van der Waals surface area (Å²) in [4.78, 5) is 1.36. The molecule has 1 nitrogen and oxygen atoms in total. The molecule has 0 atom stereocenters. The molecule has 2 heteroatoms. The average Bonchev–Trinajstić information content (AvgIpc) is 2.78. The molecule has 16 heavy (non-hydrogen) atoms. The Morgan fingerprint density at radius 3 is 2.69 bits per heavy atom. The van der Waals surface area contributed by atoms with E-state index in [0.29, 0.717) is 0 Å². The van der Waals surface area contributed by atoms with Crippen LogP contribution in [0, 0.1) is 6.92 Å². The Morgan fingerprint density at radius 2 is 1.88 bits per heavy atom. The number of rotatable bonds is 1. The first-order valence-electron chi connectivity index (χ1n) is 5.43. The van der Waals surface area contributed by atoms with Crippen LogP contribution in [0.4, 0.5) is 0 Å². The standard InChI is InChI=1S/C14H13NS/c1-10-5-7-11(8-6-10)12-3-2-4-14-13(12)9-15-16-14/h2-8,15H,9H2,1H3. The van der Waals surface area contributed by atoms with Crippen molar-refractivity contribution in [2.24, 2.45) is 0 Å². The van der Waals surface area contributed by atoms with Crippen molar-refractivity contribution < 1.29 is 0 Å². The number of fused-ring (bicyclic) bond motifs is 1. The Morgan fingerprint density at radius 1 is 1.06 bits per heavy atom. The second kappa shape index (κ2) is 3.96. The largest absolute Gasteiger partial charge is 0.255 e. The van der Waals surface area contributed by atoms with E-state index in [1.54, 1.807) is 11.9 Å². The highest BCUT2D eigenvalue weighted by Crippen LogP contribution is 2.35. The van der Waals surface area contributed by atoms with Crippen LogP contribution in [0.1, 0.15) is 11.1 Å². The first kappa shape index (κ1) is 9.94. The van der Waals surface area contributed by atoms with E-state index < -0.39 is 0 Å². The number of nitrogens with one attached hydrogen (secondary N) is 1. The van der Waals surface area contributed by atoms with E-state index in [-0.39, 0.29) is 0 Å². The SMILES string of the molecule is Cc1ccc(-c2cccc3c2CNS3)cc1. The maximum absolute atomic E-state index is 3.33. The summed E-state index contributed by atoms with van der Waals surface area (Å²) in [7, 11) is 0. The maximum Gasteiger partial charge on any atom is 0.0331 e. The lowest BCUT2D eigenvalue weighted by Gasteiger charge is -2.07. The van der Waals surface area contributed by atoms with E-state index in [1.807, 2.05) is 0 Å². The van der Waals surface area contributed by atoms with Crippen molar-refractivity contribution in [2.75, 3.05) is 0 Å². The van der Waals surface area contributed by atoms with Gasteiger partial charge >= 0.3 is 0 Å². The van der Waals surface area contributed by atoms with Gasteiger partial charge in [0.1, 0.15) is 0 Å². The van der Waals surface area contributed by atoms with Crippen molar-refractivity contribution in [3.05, 3.63) is 53.6 Å². The second-order valence-electron chi connectivity index (χ2n) is 4.07. The highest BCUT2D eigenvalue weighted by Gasteiger charge is 2.15. The zero-order chi connectivity index (χ0) is 11.0. The molecule has 0 saturated heterocycles. The van der Waals surface area contributed by atoms with E-state index in [4.69, 9.17) is 0 Å². The fourth-order valence-electron chi connectivity index (χ4n) is 2.03. The Kier molecular flexibility index (Phi) is 2.46. The molecule has 1 aliphatic rings. The minimum Gasteiger partial charge on any atom is -0.255 e. The quantitative estimate of drug-likeness (QED) is 0.744. The highest BCUT2D eigenvalue weighted by atomic mass is 32.2. The third kappa shape index (κ3) is 1.64. The predicted octanol–water partition coefficient (Wildman–Crippen LogP) is 3.77. The summed E-state index contributed by atoms with van der Waals surface area (Å²) in [6.45, 7) is 3.08. The smallest absolute Gasteiger partial charge is 0.0331 e. The van der Waals surface area contributed by atoms with Crippen LogP contribution >= 0.6 is 11.9 Å². The lowest BCUT2D eigenvalue weighted by Crippen LogP contribution is -1.94.